The lowest BCUT2D eigenvalue weighted by Gasteiger charge is -2.24. The van der Waals surface area contributed by atoms with Gasteiger partial charge in [0, 0.05) is 23.3 Å². The van der Waals surface area contributed by atoms with Crippen molar-refractivity contribution in [1.29, 1.82) is 0 Å². The van der Waals surface area contributed by atoms with Gasteiger partial charge in [-0.05, 0) is 36.4 Å². The topological polar surface area (TPSA) is 151 Å². The quantitative estimate of drug-likeness (QED) is 0.119. The average molecular weight is 727 g/mol. The Morgan fingerprint density at radius 1 is 0.385 bits per heavy atom. The molecule has 0 radical (unpaired) electrons. The smallest absolute Gasteiger partial charge is 0.170 e. The highest BCUT2D eigenvalue weighted by Gasteiger charge is 2.31. The second-order valence-corrected chi connectivity index (χ2v) is 10.8. The van der Waals surface area contributed by atoms with Crippen molar-refractivity contribution in [3.63, 3.8) is 0 Å². The standard InChI is InChI=1S/C38H46O14/c1-41-21-17-23(35(48-8)29(19-21)46-6)33(39)24-18-22(42-2)20-30(47-7)36(24)52-16-15-51-28-14-12-26(44-4)32(38(28)50-10)34(40)31-25(43-3)11-13-27(45-5)37(31)49-9/h11-14,17-20,33-34,39-40H,15-16H2,1-10H3. The lowest BCUT2D eigenvalue weighted by molar-refractivity contribution is 0.180. The molecule has 4 rings (SSSR count). The van der Waals surface area contributed by atoms with Crippen LogP contribution in [0, 0.1) is 0 Å². The van der Waals surface area contributed by atoms with Gasteiger partial charge in [0.15, 0.2) is 46.0 Å². The van der Waals surface area contributed by atoms with E-state index in [1.54, 1.807) is 48.5 Å². The first-order valence-electron chi connectivity index (χ1n) is 15.9. The molecular weight excluding hydrogens is 680 g/mol. The van der Waals surface area contributed by atoms with Crippen LogP contribution in [0.25, 0.3) is 0 Å². The van der Waals surface area contributed by atoms with Crippen molar-refractivity contribution < 1.29 is 67.1 Å². The molecule has 282 valence electrons. The number of aliphatic hydroxyl groups excluding tert-OH is 2. The zero-order valence-electron chi connectivity index (χ0n) is 31.0. The first kappa shape index (κ1) is 39.2. The Kier molecular flexibility index (Phi) is 13.6. The van der Waals surface area contributed by atoms with Crippen LogP contribution < -0.4 is 56.8 Å². The molecule has 0 amide bonds. The van der Waals surface area contributed by atoms with Gasteiger partial charge in [-0.1, -0.05) is 0 Å². The largest absolute Gasteiger partial charge is 0.497 e. The summed E-state index contributed by atoms with van der Waals surface area (Å²) in [7, 11) is 14.8. The molecule has 2 N–H and O–H groups in total. The highest BCUT2D eigenvalue weighted by Crippen LogP contribution is 2.50. The van der Waals surface area contributed by atoms with Gasteiger partial charge in [0.1, 0.15) is 48.4 Å². The summed E-state index contributed by atoms with van der Waals surface area (Å²) in [5.41, 5.74) is 1.23. The van der Waals surface area contributed by atoms with E-state index in [1.807, 2.05) is 0 Å². The van der Waals surface area contributed by atoms with Crippen molar-refractivity contribution in [3.8, 4) is 69.0 Å². The third kappa shape index (κ3) is 7.82. The minimum Gasteiger partial charge on any atom is -0.497 e. The molecule has 52 heavy (non-hydrogen) atoms. The van der Waals surface area contributed by atoms with Crippen molar-refractivity contribution in [2.45, 2.75) is 12.2 Å². The lowest BCUT2D eigenvalue weighted by Crippen LogP contribution is -2.14. The average Bonchev–Trinajstić information content (AvgIpc) is 3.19. The number of methoxy groups -OCH3 is 10. The first-order valence-corrected chi connectivity index (χ1v) is 15.9. The molecule has 0 aliphatic rings. The maximum absolute atomic E-state index is 11.9. The molecular formula is C38H46O14. The Hall–Kier alpha value is -5.60. The van der Waals surface area contributed by atoms with Gasteiger partial charge in [-0.25, -0.2) is 0 Å². The Bertz CT molecular complexity index is 1810. The fourth-order valence-corrected chi connectivity index (χ4v) is 5.81. The molecule has 4 aromatic rings. The summed E-state index contributed by atoms with van der Waals surface area (Å²) in [6, 6.07) is 13.2. The number of rotatable bonds is 19. The van der Waals surface area contributed by atoms with E-state index in [1.165, 1.54) is 71.1 Å². The van der Waals surface area contributed by atoms with Crippen molar-refractivity contribution in [1.82, 2.24) is 0 Å². The fraction of sp³-hybridized carbons (Fsp3) is 0.368. The zero-order valence-corrected chi connectivity index (χ0v) is 31.0. The summed E-state index contributed by atoms with van der Waals surface area (Å²) in [4.78, 5) is 0. The Labute approximate surface area is 303 Å². The van der Waals surface area contributed by atoms with E-state index in [2.05, 4.69) is 0 Å². The molecule has 0 aromatic heterocycles. The van der Waals surface area contributed by atoms with Gasteiger partial charge in [-0.15, -0.1) is 0 Å². The van der Waals surface area contributed by atoms with Gasteiger partial charge >= 0.3 is 0 Å². The Balaban J connectivity index is 1.69. The molecule has 0 saturated carbocycles. The molecule has 2 unspecified atom stereocenters. The van der Waals surface area contributed by atoms with Crippen molar-refractivity contribution in [2.75, 3.05) is 84.3 Å². The van der Waals surface area contributed by atoms with Crippen LogP contribution in [-0.2, 0) is 0 Å². The number of hydrogen-bond acceptors (Lipinski definition) is 14. The highest BCUT2D eigenvalue weighted by atomic mass is 16.6. The predicted octanol–water partition coefficient (Wildman–Crippen LogP) is 5.39. The van der Waals surface area contributed by atoms with Crippen LogP contribution in [0.4, 0.5) is 0 Å². The molecule has 0 saturated heterocycles. The van der Waals surface area contributed by atoms with E-state index in [0.29, 0.717) is 62.7 Å². The summed E-state index contributed by atoms with van der Waals surface area (Å²) in [6.45, 7) is -0.00335. The van der Waals surface area contributed by atoms with Gasteiger partial charge < -0.3 is 67.1 Å². The minimum atomic E-state index is -1.36. The second kappa shape index (κ2) is 18.1. The lowest BCUT2D eigenvalue weighted by atomic mass is 9.96. The number of benzene rings is 4. The van der Waals surface area contributed by atoms with Crippen LogP contribution >= 0.6 is 0 Å². The van der Waals surface area contributed by atoms with E-state index in [0.717, 1.165) is 0 Å². The fourth-order valence-electron chi connectivity index (χ4n) is 5.81. The Morgan fingerprint density at radius 2 is 0.788 bits per heavy atom. The van der Waals surface area contributed by atoms with E-state index < -0.39 is 12.2 Å². The molecule has 2 atom stereocenters. The summed E-state index contributed by atoms with van der Waals surface area (Å²) >= 11 is 0. The number of hydrogen-bond donors (Lipinski definition) is 2. The molecule has 14 heteroatoms. The summed E-state index contributed by atoms with van der Waals surface area (Å²) in [6.07, 6.45) is -2.65. The van der Waals surface area contributed by atoms with Crippen LogP contribution in [0.2, 0.25) is 0 Å². The van der Waals surface area contributed by atoms with Crippen LogP contribution in [-0.4, -0.2) is 94.5 Å². The van der Waals surface area contributed by atoms with Crippen LogP contribution in [0.1, 0.15) is 34.5 Å². The van der Waals surface area contributed by atoms with Gasteiger partial charge in [-0.2, -0.15) is 0 Å². The second-order valence-electron chi connectivity index (χ2n) is 10.8. The molecule has 4 aromatic carbocycles. The van der Waals surface area contributed by atoms with Gasteiger partial charge in [0.25, 0.3) is 0 Å². The summed E-state index contributed by atoms with van der Waals surface area (Å²) < 4.78 is 68.2. The van der Waals surface area contributed by atoms with Crippen molar-refractivity contribution in [3.05, 3.63) is 70.8 Å². The highest BCUT2D eigenvalue weighted by molar-refractivity contribution is 5.63. The van der Waals surface area contributed by atoms with Crippen molar-refractivity contribution in [2.24, 2.45) is 0 Å². The SMILES string of the molecule is COc1cc(OC)c(OC)c(C(O)c2cc(OC)cc(OC)c2OCCOc2ccc(OC)c(C(O)c3c(OC)ccc(OC)c3OC)c2OC)c1. The molecule has 0 aliphatic heterocycles. The van der Waals surface area contributed by atoms with E-state index >= 15 is 0 Å². The molecule has 0 aliphatic carbocycles. The molecule has 0 heterocycles. The minimum absolute atomic E-state index is 0.00501. The molecule has 14 nitrogen and oxygen atoms in total. The maximum atomic E-state index is 11.9. The normalized spacial score (nSPS) is 11.8. The summed E-state index contributed by atoms with van der Waals surface area (Å²) in [5.74, 6) is 3.90. The molecule has 0 bridgehead atoms. The molecule has 0 fully saturated rings. The molecule has 0 spiro atoms. The van der Waals surface area contributed by atoms with Gasteiger partial charge in [-0.3, -0.25) is 0 Å². The van der Waals surface area contributed by atoms with E-state index in [4.69, 9.17) is 56.8 Å². The van der Waals surface area contributed by atoms with Crippen molar-refractivity contribution >= 4 is 0 Å². The van der Waals surface area contributed by atoms with Crippen LogP contribution in [0.15, 0.2) is 48.5 Å². The zero-order chi connectivity index (χ0) is 37.9. The Morgan fingerprint density at radius 3 is 1.25 bits per heavy atom. The van der Waals surface area contributed by atoms with Crippen LogP contribution in [0.5, 0.6) is 69.0 Å². The van der Waals surface area contributed by atoms with Crippen LogP contribution in [0.3, 0.4) is 0 Å². The third-order valence-corrected chi connectivity index (χ3v) is 8.26. The monoisotopic (exact) mass is 726 g/mol. The predicted molar refractivity (Wildman–Crippen MR) is 190 cm³/mol. The van der Waals surface area contributed by atoms with E-state index in [-0.39, 0.29) is 41.8 Å². The van der Waals surface area contributed by atoms with Gasteiger partial charge in [0.2, 0.25) is 0 Å². The maximum Gasteiger partial charge on any atom is 0.170 e. The van der Waals surface area contributed by atoms with E-state index in [9.17, 15) is 10.2 Å². The summed E-state index contributed by atoms with van der Waals surface area (Å²) in [5, 5.41) is 23.7. The first-order chi connectivity index (χ1) is 25.2. The number of ether oxygens (including phenoxy) is 12. The number of aliphatic hydroxyl groups is 2. The third-order valence-electron chi connectivity index (χ3n) is 8.26. The van der Waals surface area contributed by atoms with Gasteiger partial charge in [0.05, 0.1) is 82.2 Å².